The van der Waals surface area contributed by atoms with E-state index in [1.807, 2.05) is 0 Å². The van der Waals surface area contributed by atoms with E-state index < -0.39 is 5.82 Å². The van der Waals surface area contributed by atoms with Gasteiger partial charge < -0.3 is 21.8 Å². The number of halogens is 2. The van der Waals surface area contributed by atoms with Crippen LogP contribution in [0.15, 0.2) is 42.5 Å². The number of anilines is 2. The Morgan fingerprint density at radius 1 is 1.25 bits per heavy atom. The van der Waals surface area contributed by atoms with Crippen LogP contribution in [0.2, 0.25) is 0 Å². The maximum Gasteiger partial charge on any atom is 0.228 e. The Hall–Kier alpha value is -3.06. The van der Waals surface area contributed by atoms with Gasteiger partial charge in [0.2, 0.25) is 5.91 Å². The van der Waals surface area contributed by atoms with Gasteiger partial charge in [0.25, 0.3) is 0 Å². The Labute approximate surface area is 162 Å². The van der Waals surface area contributed by atoms with Crippen molar-refractivity contribution >= 4 is 29.1 Å². The summed E-state index contributed by atoms with van der Waals surface area (Å²) in [5, 5.41) is 14.0. The first kappa shape index (κ1) is 19.7. The first-order valence-corrected chi connectivity index (χ1v) is 9.07. The molecule has 28 heavy (non-hydrogen) atoms. The van der Waals surface area contributed by atoms with Crippen molar-refractivity contribution in [2.45, 2.75) is 12.8 Å². The Balaban J connectivity index is 1.77. The molecular formula is C21H22F2N4O. The van der Waals surface area contributed by atoms with Gasteiger partial charge in [0.1, 0.15) is 11.6 Å². The topological polar surface area (TPSA) is 91.0 Å². The molecule has 1 atom stereocenters. The Kier molecular flexibility index (Phi) is 6.16. The molecule has 1 unspecified atom stereocenters. The average Bonchev–Trinajstić information content (AvgIpc) is 2.70. The Morgan fingerprint density at radius 3 is 2.68 bits per heavy atom. The van der Waals surface area contributed by atoms with Crippen molar-refractivity contribution in [2.75, 3.05) is 24.1 Å². The number of nitrogens with one attached hydrogen (secondary N) is 3. The molecule has 1 aliphatic rings. The van der Waals surface area contributed by atoms with Crippen LogP contribution in [-0.2, 0) is 4.79 Å². The summed E-state index contributed by atoms with van der Waals surface area (Å²) in [7, 11) is 0. The molecule has 3 rings (SSSR count). The van der Waals surface area contributed by atoms with Gasteiger partial charge in [-0.15, -0.1) is 0 Å². The number of benzene rings is 2. The highest BCUT2D eigenvalue weighted by molar-refractivity contribution is 6.12. The number of nitrogens with two attached hydrogens (primary N) is 1. The fraction of sp³-hybridized carbons (Fsp3) is 0.238. The summed E-state index contributed by atoms with van der Waals surface area (Å²) in [5.74, 6) is -1.46. The van der Waals surface area contributed by atoms with Gasteiger partial charge in [0.05, 0.1) is 17.3 Å². The molecule has 1 fully saturated rings. The molecule has 0 aliphatic carbocycles. The number of hydrogen-bond acceptors (Lipinski definition) is 4. The summed E-state index contributed by atoms with van der Waals surface area (Å²) >= 11 is 0. The number of carbonyl (C=O) groups is 1. The predicted octanol–water partition coefficient (Wildman–Crippen LogP) is 3.57. The normalized spacial score (nSPS) is 16.9. The van der Waals surface area contributed by atoms with Crippen LogP contribution in [0.25, 0.3) is 6.08 Å². The van der Waals surface area contributed by atoms with Gasteiger partial charge in [-0.05, 0) is 55.3 Å². The summed E-state index contributed by atoms with van der Waals surface area (Å²) in [5.41, 5.74) is 7.04. The van der Waals surface area contributed by atoms with Crippen molar-refractivity contribution in [3.63, 3.8) is 0 Å². The summed E-state index contributed by atoms with van der Waals surface area (Å²) in [6.45, 7) is 1.44. The van der Waals surface area contributed by atoms with Crippen LogP contribution in [0, 0.1) is 23.0 Å². The van der Waals surface area contributed by atoms with Crippen molar-refractivity contribution in [3.8, 4) is 0 Å². The van der Waals surface area contributed by atoms with Gasteiger partial charge in [-0.25, -0.2) is 8.78 Å². The molecule has 5 nitrogen and oxygen atoms in total. The SMILES string of the molecule is N=C(/C=C/c1ccc(F)cc1)c1cc(NC(=O)C2CCCNC2)c(F)cc1N. The van der Waals surface area contributed by atoms with Gasteiger partial charge in [-0.3, -0.25) is 4.79 Å². The van der Waals surface area contributed by atoms with Gasteiger partial charge in [0.15, 0.2) is 0 Å². The third-order valence-electron chi connectivity index (χ3n) is 4.67. The fourth-order valence-electron chi connectivity index (χ4n) is 3.07. The zero-order valence-corrected chi connectivity index (χ0v) is 15.3. The zero-order chi connectivity index (χ0) is 20.1. The summed E-state index contributed by atoms with van der Waals surface area (Å²) in [4.78, 5) is 12.4. The zero-order valence-electron chi connectivity index (χ0n) is 15.3. The summed E-state index contributed by atoms with van der Waals surface area (Å²) in [6.07, 6.45) is 4.77. The lowest BCUT2D eigenvalue weighted by Crippen LogP contribution is -2.37. The molecule has 0 aromatic heterocycles. The minimum atomic E-state index is -0.645. The molecule has 1 amide bonds. The van der Waals surface area contributed by atoms with Crippen molar-refractivity contribution < 1.29 is 13.6 Å². The van der Waals surface area contributed by atoms with E-state index in [1.165, 1.54) is 24.3 Å². The highest BCUT2D eigenvalue weighted by atomic mass is 19.1. The number of amides is 1. The van der Waals surface area contributed by atoms with Gasteiger partial charge in [-0.1, -0.05) is 18.2 Å². The second-order valence-electron chi connectivity index (χ2n) is 6.75. The van der Waals surface area contributed by atoms with Crippen LogP contribution in [0.5, 0.6) is 0 Å². The van der Waals surface area contributed by atoms with Crippen LogP contribution < -0.4 is 16.4 Å². The maximum atomic E-state index is 14.3. The van der Waals surface area contributed by atoms with Crippen LogP contribution in [0.3, 0.4) is 0 Å². The van der Waals surface area contributed by atoms with E-state index in [-0.39, 0.29) is 34.7 Å². The first-order valence-electron chi connectivity index (χ1n) is 9.07. The van der Waals surface area contributed by atoms with Crippen LogP contribution in [0.4, 0.5) is 20.2 Å². The number of allylic oxidation sites excluding steroid dienone is 1. The molecule has 0 spiro atoms. The molecule has 2 aromatic rings. The molecule has 5 N–H and O–H groups in total. The molecule has 7 heteroatoms. The number of piperidine rings is 1. The number of nitrogen functional groups attached to an aromatic ring is 1. The smallest absolute Gasteiger partial charge is 0.228 e. The predicted molar refractivity (Wildman–Crippen MR) is 107 cm³/mol. The highest BCUT2D eigenvalue weighted by Crippen LogP contribution is 2.24. The third kappa shape index (κ3) is 4.80. The molecular weight excluding hydrogens is 362 g/mol. The van der Waals surface area contributed by atoms with Gasteiger partial charge in [-0.2, -0.15) is 0 Å². The minimum absolute atomic E-state index is 0.000273. The van der Waals surface area contributed by atoms with Crippen molar-refractivity contribution in [1.29, 1.82) is 5.41 Å². The van der Waals surface area contributed by atoms with Crippen molar-refractivity contribution in [1.82, 2.24) is 5.32 Å². The second kappa shape index (κ2) is 8.75. The minimum Gasteiger partial charge on any atom is -0.398 e. The maximum absolute atomic E-state index is 14.3. The molecule has 1 heterocycles. The van der Waals surface area contributed by atoms with E-state index in [0.717, 1.165) is 25.5 Å². The van der Waals surface area contributed by atoms with Crippen LogP contribution in [-0.4, -0.2) is 24.7 Å². The summed E-state index contributed by atoms with van der Waals surface area (Å²) < 4.78 is 27.2. The van der Waals surface area contributed by atoms with E-state index in [1.54, 1.807) is 18.2 Å². The van der Waals surface area contributed by atoms with Crippen LogP contribution >= 0.6 is 0 Å². The van der Waals surface area contributed by atoms with E-state index in [4.69, 9.17) is 11.1 Å². The quantitative estimate of drug-likeness (QED) is 0.469. The first-order chi connectivity index (χ1) is 13.4. The molecule has 0 saturated carbocycles. The monoisotopic (exact) mass is 384 g/mol. The molecule has 0 bridgehead atoms. The van der Waals surface area contributed by atoms with E-state index >= 15 is 0 Å². The average molecular weight is 384 g/mol. The number of carbonyl (C=O) groups excluding carboxylic acids is 1. The number of hydrogen-bond donors (Lipinski definition) is 4. The van der Waals surface area contributed by atoms with Gasteiger partial charge in [0, 0.05) is 17.8 Å². The standard InChI is InChI=1S/C21H22F2N4O/c22-15-6-3-13(4-7-15)5-8-18(24)16-10-20(17(23)11-19(16)25)27-21(28)14-2-1-9-26-12-14/h3-8,10-11,14,24,26H,1-2,9,12,25H2,(H,27,28)/b8-5+,24-18?. The fourth-order valence-corrected chi connectivity index (χ4v) is 3.07. The third-order valence-corrected chi connectivity index (χ3v) is 4.67. The van der Waals surface area contributed by atoms with E-state index in [9.17, 15) is 13.6 Å². The Bertz CT molecular complexity index is 903. The molecule has 146 valence electrons. The molecule has 1 saturated heterocycles. The molecule has 0 radical (unpaired) electrons. The van der Waals surface area contributed by atoms with E-state index in [0.29, 0.717) is 17.7 Å². The van der Waals surface area contributed by atoms with E-state index in [2.05, 4.69) is 10.6 Å². The summed E-state index contributed by atoms with van der Waals surface area (Å²) in [6, 6.07) is 8.28. The largest absolute Gasteiger partial charge is 0.398 e. The van der Waals surface area contributed by atoms with Gasteiger partial charge >= 0.3 is 0 Å². The molecule has 2 aromatic carbocycles. The number of rotatable bonds is 5. The lowest BCUT2D eigenvalue weighted by Gasteiger charge is -2.22. The lowest BCUT2D eigenvalue weighted by atomic mass is 9.98. The Morgan fingerprint density at radius 2 is 2.00 bits per heavy atom. The van der Waals surface area contributed by atoms with Crippen molar-refractivity contribution in [2.24, 2.45) is 5.92 Å². The highest BCUT2D eigenvalue weighted by Gasteiger charge is 2.22. The van der Waals surface area contributed by atoms with Crippen molar-refractivity contribution in [3.05, 3.63) is 65.2 Å². The lowest BCUT2D eigenvalue weighted by molar-refractivity contribution is -0.120. The second-order valence-corrected chi connectivity index (χ2v) is 6.75. The molecule has 1 aliphatic heterocycles. The van der Waals surface area contributed by atoms with Crippen LogP contribution in [0.1, 0.15) is 24.0 Å².